The number of nitrogens with zero attached hydrogens (tertiary/aromatic N) is 3. The largest absolute Gasteiger partial charge is 0.467 e. The van der Waals surface area contributed by atoms with Crippen molar-refractivity contribution in [2.24, 2.45) is 0 Å². The zero-order valence-corrected chi connectivity index (χ0v) is 21.9. The highest BCUT2D eigenvalue weighted by Gasteiger charge is 2.43. The normalized spacial score (nSPS) is 20.0. The average molecular weight is 546 g/mol. The Morgan fingerprint density at radius 2 is 1.57 bits per heavy atom. The Morgan fingerprint density at radius 1 is 0.825 bits per heavy atom. The summed E-state index contributed by atoms with van der Waals surface area (Å²) in [7, 11) is 0. The first kappa shape index (κ1) is 26.2. The van der Waals surface area contributed by atoms with Crippen LogP contribution in [-0.2, 0) is 12.7 Å². The van der Waals surface area contributed by atoms with Gasteiger partial charge >= 0.3 is 6.18 Å². The molecule has 3 heterocycles. The maximum Gasteiger partial charge on any atom is 0.416 e. The average Bonchev–Trinajstić information content (AvgIpc) is 3.51. The van der Waals surface area contributed by atoms with Crippen LogP contribution in [0.15, 0.2) is 102 Å². The van der Waals surface area contributed by atoms with E-state index in [0.717, 1.165) is 23.0 Å². The standard InChI is InChI=1S/C32H30F3N3O2/c33-32(34,35)24-10-6-11-25(20-24)37-17-15-36(16-18-37)22-28-26-12-4-5-13-27(26)31(39)38(21-23-8-2-1-3-9-23)30(28)29-14-7-19-40-29/h1-14,19-20,28,30H,15-18,21-22H2/t28-,30-/m0/s1. The molecule has 1 fully saturated rings. The van der Waals surface area contributed by atoms with E-state index in [4.69, 9.17) is 4.42 Å². The van der Waals surface area contributed by atoms with Gasteiger partial charge in [-0.3, -0.25) is 9.69 Å². The molecule has 1 amide bonds. The van der Waals surface area contributed by atoms with Gasteiger partial charge in [-0.2, -0.15) is 13.2 Å². The summed E-state index contributed by atoms with van der Waals surface area (Å²) in [6.45, 7) is 3.79. The van der Waals surface area contributed by atoms with E-state index in [9.17, 15) is 18.0 Å². The number of alkyl halides is 3. The molecular formula is C32H30F3N3O2. The van der Waals surface area contributed by atoms with Gasteiger partial charge in [0.2, 0.25) is 0 Å². The topological polar surface area (TPSA) is 39.9 Å². The third-order valence-electron chi connectivity index (χ3n) is 7.96. The lowest BCUT2D eigenvalue weighted by molar-refractivity contribution is -0.137. The van der Waals surface area contributed by atoms with Gasteiger partial charge in [0.05, 0.1) is 17.9 Å². The van der Waals surface area contributed by atoms with Crippen LogP contribution in [-0.4, -0.2) is 48.4 Å². The van der Waals surface area contributed by atoms with Gasteiger partial charge in [-0.15, -0.1) is 0 Å². The number of hydrogen-bond donors (Lipinski definition) is 0. The minimum Gasteiger partial charge on any atom is -0.467 e. The van der Waals surface area contributed by atoms with Crippen LogP contribution in [0, 0.1) is 0 Å². The van der Waals surface area contributed by atoms with Crippen LogP contribution in [0.4, 0.5) is 18.9 Å². The Morgan fingerprint density at radius 3 is 2.30 bits per heavy atom. The molecule has 5 nitrogen and oxygen atoms in total. The van der Waals surface area contributed by atoms with E-state index in [0.29, 0.717) is 50.5 Å². The van der Waals surface area contributed by atoms with Crippen LogP contribution in [0.3, 0.4) is 0 Å². The molecule has 2 aliphatic heterocycles. The number of carbonyl (C=O) groups excluding carboxylic acids is 1. The minimum absolute atomic E-state index is 0.0218. The molecule has 40 heavy (non-hydrogen) atoms. The number of furan rings is 1. The molecular weight excluding hydrogens is 515 g/mol. The number of hydrogen-bond acceptors (Lipinski definition) is 4. The zero-order valence-electron chi connectivity index (χ0n) is 21.9. The first-order valence-corrected chi connectivity index (χ1v) is 13.5. The summed E-state index contributed by atoms with van der Waals surface area (Å²) in [6.07, 6.45) is -2.72. The van der Waals surface area contributed by atoms with Crippen molar-refractivity contribution < 1.29 is 22.4 Å². The number of amides is 1. The van der Waals surface area contributed by atoms with Gasteiger partial charge in [0.25, 0.3) is 5.91 Å². The van der Waals surface area contributed by atoms with Gasteiger partial charge in [0, 0.05) is 56.4 Å². The second-order valence-electron chi connectivity index (χ2n) is 10.4. The molecule has 206 valence electrons. The predicted molar refractivity (Wildman–Crippen MR) is 147 cm³/mol. The van der Waals surface area contributed by atoms with Crippen LogP contribution in [0.2, 0.25) is 0 Å². The molecule has 0 radical (unpaired) electrons. The smallest absolute Gasteiger partial charge is 0.416 e. The lowest BCUT2D eigenvalue weighted by Gasteiger charge is -2.44. The summed E-state index contributed by atoms with van der Waals surface area (Å²) in [5.74, 6) is 0.682. The number of benzene rings is 3. The number of anilines is 1. The molecule has 1 saturated heterocycles. The second-order valence-corrected chi connectivity index (χ2v) is 10.4. The van der Waals surface area contributed by atoms with Gasteiger partial charge in [0.15, 0.2) is 0 Å². The van der Waals surface area contributed by atoms with Gasteiger partial charge < -0.3 is 14.2 Å². The Bertz CT molecular complexity index is 1450. The molecule has 4 aromatic rings. The number of carbonyl (C=O) groups is 1. The zero-order chi connectivity index (χ0) is 27.7. The van der Waals surface area contributed by atoms with E-state index < -0.39 is 11.7 Å². The Kier molecular flexibility index (Phi) is 7.11. The summed E-state index contributed by atoms with van der Waals surface area (Å²) in [4.78, 5) is 20.1. The monoisotopic (exact) mass is 545 g/mol. The van der Waals surface area contributed by atoms with E-state index in [1.54, 1.807) is 12.3 Å². The molecule has 2 aliphatic rings. The highest BCUT2D eigenvalue weighted by Crippen LogP contribution is 2.44. The highest BCUT2D eigenvalue weighted by molar-refractivity contribution is 5.97. The van der Waals surface area contributed by atoms with Gasteiger partial charge in [0.1, 0.15) is 5.76 Å². The lowest BCUT2D eigenvalue weighted by atomic mass is 9.81. The molecule has 1 aromatic heterocycles. The van der Waals surface area contributed by atoms with Crippen molar-refractivity contribution in [3.63, 3.8) is 0 Å². The van der Waals surface area contributed by atoms with Crippen molar-refractivity contribution in [2.45, 2.75) is 24.7 Å². The quantitative estimate of drug-likeness (QED) is 0.274. The number of halogens is 3. The SMILES string of the molecule is O=C1c2ccccc2[C@H](CN2CCN(c3cccc(C(F)(F)F)c3)CC2)[C@@H](c2ccco2)N1Cc1ccccc1. The van der Waals surface area contributed by atoms with Crippen molar-refractivity contribution in [3.8, 4) is 0 Å². The van der Waals surface area contributed by atoms with Gasteiger partial charge in [-0.25, -0.2) is 0 Å². The first-order chi connectivity index (χ1) is 19.4. The molecule has 0 bridgehead atoms. The molecule has 2 atom stereocenters. The van der Waals surface area contributed by atoms with Crippen molar-refractivity contribution in [1.82, 2.24) is 9.80 Å². The number of rotatable bonds is 6. The Labute approximate surface area is 231 Å². The van der Waals surface area contributed by atoms with Crippen molar-refractivity contribution in [1.29, 1.82) is 0 Å². The lowest BCUT2D eigenvalue weighted by Crippen LogP contribution is -2.50. The summed E-state index contributed by atoms with van der Waals surface area (Å²) < 4.78 is 45.7. The van der Waals surface area contributed by atoms with Crippen molar-refractivity contribution in [3.05, 3.63) is 125 Å². The summed E-state index contributed by atoms with van der Waals surface area (Å²) >= 11 is 0. The fourth-order valence-corrected chi connectivity index (χ4v) is 5.99. The third kappa shape index (κ3) is 5.23. The Hall–Kier alpha value is -4.04. The molecule has 0 aliphatic carbocycles. The van der Waals surface area contributed by atoms with E-state index in [1.807, 2.05) is 76.5 Å². The second kappa shape index (κ2) is 10.8. The minimum atomic E-state index is -4.36. The summed E-state index contributed by atoms with van der Waals surface area (Å²) in [5.41, 5.74) is 2.70. The fraction of sp³-hybridized carbons (Fsp3) is 0.281. The first-order valence-electron chi connectivity index (χ1n) is 13.5. The van der Waals surface area contributed by atoms with Crippen LogP contribution in [0.25, 0.3) is 0 Å². The van der Waals surface area contributed by atoms with Crippen molar-refractivity contribution in [2.75, 3.05) is 37.6 Å². The molecule has 0 unspecified atom stereocenters. The van der Waals surface area contributed by atoms with Crippen LogP contribution in [0.1, 0.15) is 44.8 Å². The van der Waals surface area contributed by atoms with E-state index >= 15 is 0 Å². The molecule has 3 aromatic carbocycles. The van der Waals surface area contributed by atoms with Crippen LogP contribution >= 0.6 is 0 Å². The molecule has 0 spiro atoms. The summed E-state index contributed by atoms with van der Waals surface area (Å²) in [5, 5.41) is 0. The van der Waals surface area contributed by atoms with Gasteiger partial charge in [-0.1, -0.05) is 54.6 Å². The molecule has 0 N–H and O–H groups in total. The van der Waals surface area contributed by atoms with Crippen molar-refractivity contribution >= 4 is 11.6 Å². The maximum absolute atomic E-state index is 13.8. The van der Waals surface area contributed by atoms with E-state index in [1.165, 1.54) is 12.1 Å². The van der Waals surface area contributed by atoms with Crippen LogP contribution < -0.4 is 4.90 Å². The molecule has 6 rings (SSSR count). The predicted octanol–water partition coefficient (Wildman–Crippen LogP) is 6.60. The molecule has 0 saturated carbocycles. The van der Waals surface area contributed by atoms with Crippen LogP contribution in [0.5, 0.6) is 0 Å². The third-order valence-corrected chi connectivity index (χ3v) is 7.96. The number of piperazine rings is 1. The fourth-order valence-electron chi connectivity index (χ4n) is 5.99. The molecule has 8 heteroatoms. The highest BCUT2D eigenvalue weighted by atomic mass is 19.4. The number of fused-ring (bicyclic) bond motifs is 1. The van der Waals surface area contributed by atoms with Gasteiger partial charge in [-0.05, 0) is 47.5 Å². The van der Waals surface area contributed by atoms with E-state index in [2.05, 4.69) is 4.90 Å². The summed E-state index contributed by atoms with van der Waals surface area (Å²) in [6, 6.07) is 26.8. The maximum atomic E-state index is 13.8. The Balaban J connectivity index is 1.26. The van der Waals surface area contributed by atoms with E-state index in [-0.39, 0.29) is 17.9 Å².